The van der Waals surface area contributed by atoms with Gasteiger partial charge in [0, 0.05) is 22.5 Å². The van der Waals surface area contributed by atoms with Crippen molar-refractivity contribution in [3.63, 3.8) is 0 Å². The molecule has 0 saturated heterocycles. The molecule has 0 heterocycles. The van der Waals surface area contributed by atoms with Crippen LogP contribution < -0.4 is 4.90 Å². The molecule has 1 nitrogen and oxygen atoms in total. The van der Waals surface area contributed by atoms with Crippen molar-refractivity contribution in [2.75, 3.05) is 4.90 Å². The average molecular weight is 764 g/mol. The van der Waals surface area contributed by atoms with Crippen LogP contribution >= 0.6 is 0 Å². The van der Waals surface area contributed by atoms with Gasteiger partial charge < -0.3 is 4.90 Å². The fourth-order valence-corrected chi connectivity index (χ4v) is 10.4. The van der Waals surface area contributed by atoms with Crippen molar-refractivity contribution in [3.8, 4) is 33.4 Å². The second kappa shape index (κ2) is 13.3. The lowest BCUT2D eigenvalue weighted by Crippen LogP contribution is -2.16. The Labute approximate surface area is 350 Å². The van der Waals surface area contributed by atoms with Crippen LogP contribution in [-0.2, 0) is 5.41 Å². The van der Waals surface area contributed by atoms with E-state index in [1.54, 1.807) is 0 Å². The molecular formula is C59H41N. The van der Waals surface area contributed by atoms with Crippen LogP contribution in [-0.4, -0.2) is 0 Å². The lowest BCUT2D eigenvalue weighted by molar-refractivity contribution is 0.660. The number of nitrogens with zero attached hydrogens (tertiary/aromatic N) is 1. The molecule has 1 aliphatic carbocycles. The predicted octanol–water partition coefficient (Wildman–Crippen LogP) is 16.6. The maximum absolute atomic E-state index is 2.49. The van der Waals surface area contributed by atoms with Crippen molar-refractivity contribution in [3.05, 3.63) is 223 Å². The molecule has 1 aliphatic rings. The molecule has 0 fully saturated rings. The van der Waals surface area contributed by atoms with Gasteiger partial charge in [-0.2, -0.15) is 0 Å². The lowest BCUT2D eigenvalue weighted by Gasteiger charge is -2.29. The Bertz CT molecular complexity index is 3520. The van der Waals surface area contributed by atoms with Crippen molar-refractivity contribution in [2.45, 2.75) is 19.3 Å². The van der Waals surface area contributed by atoms with E-state index >= 15 is 0 Å². The van der Waals surface area contributed by atoms with Crippen molar-refractivity contribution in [1.82, 2.24) is 0 Å². The summed E-state index contributed by atoms with van der Waals surface area (Å²) in [5.74, 6) is 0. The number of rotatable bonds is 5. The van der Waals surface area contributed by atoms with Gasteiger partial charge in [-0.1, -0.05) is 190 Å². The summed E-state index contributed by atoms with van der Waals surface area (Å²) in [6, 6.07) is 78.9. The molecule has 11 aromatic rings. The normalized spacial score (nSPS) is 13.0. The first-order valence-corrected chi connectivity index (χ1v) is 21.0. The third-order valence-electron chi connectivity index (χ3n) is 13.2. The van der Waals surface area contributed by atoms with E-state index in [1.807, 2.05) is 0 Å². The van der Waals surface area contributed by atoms with Crippen LogP contribution in [0.4, 0.5) is 17.1 Å². The molecule has 11 aromatic carbocycles. The summed E-state index contributed by atoms with van der Waals surface area (Å²) in [4.78, 5) is 2.49. The van der Waals surface area contributed by atoms with Gasteiger partial charge in [-0.05, 0) is 135 Å². The molecule has 0 unspecified atom stereocenters. The van der Waals surface area contributed by atoms with E-state index in [2.05, 4.69) is 231 Å². The summed E-state index contributed by atoms with van der Waals surface area (Å²) in [6.45, 7) is 4.74. The smallest absolute Gasteiger partial charge is 0.0468 e. The lowest BCUT2D eigenvalue weighted by atomic mass is 9.82. The largest absolute Gasteiger partial charge is 0.310 e. The zero-order valence-corrected chi connectivity index (χ0v) is 33.7. The predicted molar refractivity (Wildman–Crippen MR) is 257 cm³/mol. The Hall–Kier alpha value is -7.48. The first kappa shape index (κ1) is 34.6. The summed E-state index contributed by atoms with van der Waals surface area (Å²) in [5.41, 5.74) is 13.5. The zero-order chi connectivity index (χ0) is 40.0. The van der Waals surface area contributed by atoms with Crippen molar-refractivity contribution in [2.24, 2.45) is 0 Å². The van der Waals surface area contributed by atoms with E-state index in [1.165, 1.54) is 98.4 Å². The topological polar surface area (TPSA) is 3.24 Å². The van der Waals surface area contributed by atoms with Gasteiger partial charge in [0.2, 0.25) is 0 Å². The Morgan fingerprint density at radius 3 is 1.65 bits per heavy atom. The molecule has 0 saturated carbocycles. The Morgan fingerprint density at radius 2 is 0.833 bits per heavy atom. The molecule has 0 bridgehead atoms. The van der Waals surface area contributed by atoms with Crippen molar-refractivity contribution in [1.29, 1.82) is 0 Å². The fraction of sp³-hybridized carbons (Fsp3) is 0.0508. The van der Waals surface area contributed by atoms with Crippen LogP contribution in [0.5, 0.6) is 0 Å². The highest BCUT2D eigenvalue weighted by atomic mass is 15.1. The molecule has 0 amide bonds. The molecule has 0 aromatic heterocycles. The third kappa shape index (κ3) is 5.19. The van der Waals surface area contributed by atoms with E-state index in [4.69, 9.17) is 0 Å². The van der Waals surface area contributed by atoms with Gasteiger partial charge in [0.25, 0.3) is 0 Å². The van der Waals surface area contributed by atoms with Gasteiger partial charge >= 0.3 is 0 Å². The van der Waals surface area contributed by atoms with Crippen LogP contribution in [0.25, 0.3) is 87.2 Å². The van der Waals surface area contributed by atoms with Crippen LogP contribution in [0.1, 0.15) is 25.0 Å². The van der Waals surface area contributed by atoms with Crippen molar-refractivity contribution < 1.29 is 0 Å². The average Bonchev–Trinajstić information content (AvgIpc) is 3.54. The van der Waals surface area contributed by atoms with Gasteiger partial charge in [-0.25, -0.2) is 0 Å². The number of hydrogen-bond acceptors (Lipinski definition) is 1. The SMILES string of the molecule is CC1(C)c2ccccc2-c2ccc(N(c3ccc(-c4ccccc4)c(-c4cccc5ccccc45)c3)c3ccc4c5ccccc5c5ccc6ccccc6c5c4c3)cc21. The summed E-state index contributed by atoms with van der Waals surface area (Å²) in [6.07, 6.45) is 0. The quantitative estimate of drug-likeness (QED) is 0.158. The highest BCUT2D eigenvalue weighted by Gasteiger charge is 2.36. The summed E-state index contributed by atoms with van der Waals surface area (Å²) < 4.78 is 0. The fourth-order valence-electron chi connectivity index (χ4n) is 10.4. The van der Waals surface area contributed by atoms with Crippen molar-refractivity contribution >= 4 is 70.9 Å². The maximum atomic E-state index is 2.49. The minimum Gasteiger partial charge on any atom is -0.310 e. The number of hydrogen-bond donors (Lipinski definition) is 0. The van der Waals surface area contributed by atoms with Crippen LogP contribution in [0.15, 0.2) is 212 Å². The molecule has 60 heavy (non-hydrogen) atoms. The molecule has 0 atom stereocenters. The third-order valence-corrected chi connectivity index (χ3v) is 13.2. The first-order chi connectivity index (χ1) is 29.5. The molecule has 0 spiro atoms. The summed E-state index contributed by atoms with van der Waals surface area (Å²) >= 11 is 0. The Kier molecular flexibility index (Phi) is 7.65. The molecular weight excluding hydrogens is 723 g/mol. The van der Waals surface area contributed by atoms with E-state index in [0.29, 0.717) is 0 Å². The van der Waals surface area contributed by atoms with Gasteiger partial charge in [0.05, 0.1) is 0 Å². The molecule has 0 radical (unpaired) electrons. The van der Waals surface area contributed by atoms with Gasteiger partial charge in [-0.15, -0.1) is 0 Å². The van der Waals surface area contributed by atoms with Crippen LogP contribution in [0, 0.1) is 0 Å². The Morgan fingerprint density at radius 1 is 0.300 bits per heavy atom. The number of benzene rings is 11. The highest BCUT2D eigenvalue weighted by Crippen LogP contribution is 2.52. The van der Waals surface area contributed by atoms with E-state index in [9.17, 15) is 0 Å². The van der Waals surface area contributed by atoms with E-state index in [-0.39, 0.29) is 5.41 Å². The second-order valence-electron chi connectivity index (χ2n) is 16.8. The Balaban J connectivity index is 1.16. The standard InChI is InChI=1S/C59H41N/c1-59(2)56-26-13-12-24-51(56)52-34-30-43(37-57(52)59)60(41-28-32-45(38-15-4-3-5-16-38)54(35-41)47-25-14-19-39-17-6-8-20-44(39)47)42-29-33-50-48-22-10-11-23-49(48)53-31-27-40-18-7-9-21-46(40)58(53)55(50)36-42/h3-37H,1-2H3. The molecule has 0 N–H and O–H groups in total. The second-order valence-corrected chi connectivity index (χ2v) is 16.8. The van der Waals surface area contributed by atoms with E-state index < -0.39 is 0 Å². The van der Waals surface area contributed by atoms with E-state index in [0.717, 1.165) is 17.1 Å². The first-order valence-electron chi connectivity index (χ1n) is 21.0. The molecule has 282 valence electrons. The van der Waals surface area contributed by atoms with Gasteiger partial charge in [0.1, 0.15) is 0 Å². The number of fused-ring (bicyclic) bond motifs is 12. The van der Waals surface area contributed by atoms with Crippen LogP contribution in [0.3, 0.4) is 0 Å². The minimum absolute atomic E-state index is 0.143. The number of anilines is 3. The molecule has 12 rings (SSSR count). The maximum Gasteiger partial charge on any atom is 0.0468 e. The zero-order valence-electron chi connectivity index (χ0n) is 33.7. The summed E-state index contributed by atoms with van der Waals surface area (Å²) in [5, 5.41) is 12.7. The summed E-state index contributed by atoms with van der Waals surface area (Å²) in [7, 11) is 0. The highest BCUT2D eigenvalue weighted by molar-refractivity contribution is 6.31. The van der Waals surface area contributed by atoms with Crippen LogP contribution in [0.2, 0.25) is 0 Å². The molecule has 0 aliphatic heterocycles. The van der Waals surface area contributed by atoms with Gasteiger partial charge in [0.15, 0.2) is 0 Å². The minimum atomic E-state index is -0.143. The molecule has 1 heteroatoms. The van der Waals surface area contributed by atoms with Gasteiger partial charge in [-0.3, -0.25) is 0 Å². The monoisotopic (exact) mass is 763 g/mol.